The number of ether oxygens (including phenoxy) is 1. The zero-order chi connectivity index (χ0) is 21.7. The summed E-state index contributed by atoms with van der Waals surface area (Å²) in [7, 11) is 0. The van der Waals surface area contributed by atoms with Crippen LogP contribution in [0.4, 0.5) is 0 Å². The van der Waals surface area contributed by atoms with E-state index < -0.39 is 5.97 Å². The van der Waals surface area contributed by atoms with Crippen LogP contribution in [-0.4, -0.2) is 41.9 Å². The van der Waals surface area contributed by atoms with Crippen LogP contribution in [0.25, 0.3) is 0 Å². The van der Waals surface area contributed by atoms with Crippen LogP contribution in [0.3, 0.4) is 0 Å². The van der Waals surface area contributed by atoms with Gasteiger partial charge in [-0.05, 0) is 39.2 Å². The third-order valence-corrected chi connectivity index (χ3v) is 6.03. The van der Waals surface area contributed by atoms with Gasteiger partial charge in [0.15, 0.2) is 0 Å². The first kappa shape index (κ1) is 22.1. The molecule has 2 amide bonds. The second kappa shape index (κ2) is 9.92. The normalized spacial score (nSPS) is 20.3. The van der Waals surface area contributed by atoms with Gasteiger partial charge in [-0.25, -0.2) is 4.79 Å². The quantitative estimate of drug-likeness (QED) is 0.725. The first-order valence-corrected chi connectivity index (χ1v) is 10.9. The van der Waals surface area contributed by atoms with Crippen LogP contribution in [0.1, 0.15) is 69.4 Å². The highest BCUT2D eigenvalue weighted by atomic mass is 16.5. The smallest absolute Gasteiger partial charge is 0.336 e. The van der Waals surface area contributed by atoms with Crippen molar-refractivity contribution >= 4 is 17.8 Å². The van der Waals surface area contributed by atoms with E-state index in [4.69, 9.17) is 4.74 Å². The molecule has 6 nitrogen and oxygen atoms in total. The van der Waals surface area contributed by atoms with E-state index in [1.165, 1.54) is 11.3 Å². The number of aryl methyl sites for hydroxylation is 1. The topological polar surface area (TPSA) is 75.7 Å². The van der Waals surface area contributed by atoms with Crippen molar-refractivity contribution in [3.63, 3.8) is 0 Å². The number of rotatable bonds is 6. The number of esters is 1. The van der Waals surface area contributed by atoms with E-state index in [9.17, 15) is 14.4 Å². The highest BCUT2D eigenvalue weighted by molar-refractivity contribution is 5.97. The molecule has 162 valence electrons. The molecule has 1 aromatic carbocycles. The summed E-state index contributed by atoms with van der Waals surface area (Å²) in [4.78, 5) is 39.9. The molecule has 1 fully saturated rings. The summed E-state index contributed by atoms with van der Waals surface area (Å²) >= 11 is 0. The van der Waals surface area contributed by atoms with Crippen molar-refractivity contribution in [2.24, 2.45) is 0 Å². The average molecular weight is 413 g/mol. The van der Waals surface area contributed by atoms with Crippen molar-refractivity contribution in [3.05, 3.63) is 46.7 Å². The molecular weight excluding hydrogens is 380 g/mol. The van der Waals surface area contributed by atoms with Crippen LogP contribution in [0.15, 0.2) is 35.5 Å². The Morgan fingerprint density at radius 3 is 2.57 bits per heavy atom. The summed E-state index contributed by atoms with van der Waals surface area (Å²) in [5, 5.41) is 3.06. The van der Waals surface area contributed by atoms with E-state index in [1.54, 1.807) is 13.8 Å². The molecule has 1 N–H and O–H groups in total. The lowest BCUT2D eigenvalue weighted by atomic mass is 9.83. The highest BCUT2D eigenvalue weighted by Crippen LogP contribution is 2.37. The van der Waals surface area contributed by atoms with Gasteiger partial charge in [-0.3, -0.25) is 9.59 Å². The van der Waals surface area contributed by atoms with Crippen LogP contribution in [-0.2, 0) is 19.1 Å². The first-order valence-electron chi connectivity index (χ1n) is 10.9. The maximum absolute atomic E-state index is 13.0. The van der Waals surface area contributed by atoms with Crippen molar-refractivity contribution < 1.29 is 19.1 Å². The number of benzene rings is 1. The van der Waals surface area contributed by atoms with Crippen molar-refractivity contribution in [3.8, 4) is 0 Å². The van der Waals surface area contributed by atoms with E-state index in [2.05, 4.69) is 5.32 Å². The van der Waals surface area contributed by atoms with E-state index in [1.807, 2.05) is 31.2 Å². The molecule has 0 aromatic heterocycles. The SMILES string of the molecule is CCOC(=O)C1=C(C)N(CC(=O)NC2CCCCC2)C(=O)C[C@@H]1c1cccc(C)c1. The minimum absolute atomic E-state index is 0.0649. The van der Waals surface area contributed by atoms with Crippen molar-refractivity contribution in [2.75, 3.05) is 13.2 Å². The van der Waals surface area contributed by atoms with E-state index in [0.29, 0.717) is 11.3 Å². The lowest BCUT2D eigenvalue weighted by Crippen LogP contribution is -2.46. The van der Waals surface area contributed by atoms with Gasteiger partial charge in [-0.2, -0.15) is 0 Å². The molecule has 3 rings (SSSR count). The number of amides is 2. The van der Waals surface area contributed by atoms with Gasteiger partial charge in [0.1, 0.15) is 6.54 Å². The molecule has 0 radical (unpaired) electrons. The Morgan fingerprint density at radius 1 is 1.17 bits per heavy atom. The molecule has 30 heavy (non-hydrogen) atoms. The average Bonchev–Trinajstić information content (AvgIpc) is 2.71. The number of allylic oxidation sites excluding steroid dienone is 1. The Balaban J connectivity index is 1.86. The number of carbonyl (C=O) groups excluding carboxylic acids is 3. The largest absolute Gasteiger partial charge is 0.463 e. The Labute approximate surface area is 178 Å². The number of carbonyl (C=O) groups is 3. The fourth-order valence-corrected chi connectivity index (χ4v) is 4.51. The molecule has 1 aliphatic carbocycles. The predicted molar refractivity (Wildman–Crippen MR) is 115 cm³/mol. The van der Waals surface area contributed by atoms with Crippen LogP contribution in [0.5, 0.6) is 0 Å². The van der Waals surface area contributed by atoms with Crippen LogP contribution in [0, 0.1) is 6.92 Å². The third-order valence-electron chi connectivity index (χ3n) is 6.03. The Kier molecular flexibility index (Phi) is 7.29. The standard InChI is InChI=1S/C24H32N2O4/c1-4-30-24(29)23-17(3)26(15-21(27)25-19-11-6-5-7-12-19)22(28)14-20(23)18-10-8-9-16(2)13-18/h8-10,13,19-20H,4-7,11-12,14-15H2,1-3H3,(H,25,27)/t20-/m1/s1. The van der Waals surface area contributed by atoms with Gasteiger partial charge in [-0.15, -0.1) is 0 Å². The summed E-state index contributed by atoms with van der Waals surface area (Å²) in [5.41, 5.74) is 2.95. The zero-order valence-electron chi connectivity index (χ0n) is 18.2. The van der Waals surface area contributed by atoms with Crippen LogP contribution < -0.4 is 5.32 Å². The maximum Gasteiger partial charge on any atom is 0.336 e. The Bertz CT molecular complexity index is 839. The van der Waals surface area contributed by atoms with E-state index in [-0.39, 0.29) is 43.3 Å². The van der Waals surface area contributed by atoms with Crippen LogP contribution >= 0.6 is 0 Å². The molecular formula is C24H32N2O4. The summed E-state index contributed by atoms with van der Waals surface area (Å²) in [6.45, 7) is 5.67. The summed E-state index contributed by atoms with van der Waals surface area (Å²) < 4.78 is 5.31. The van der Waals surface area contributed by atoms with Gasteiger partial charge in [0, 0.05) is 24.1 Å². The van der Waals surface area contributed by atoms with Gasteiger partial charge < -0.3 is 15.0 Å². The predicted octanol–water partition coefficient (Wildman–Crippen LogP) is 3.60. The van der Waals surface area contributed by atoms with E-state index in [0.717, 1.165) is 36.8 Å². The van der Waals surface area contributed by atoms with Crippen molar-refractivity contribution in [1.29, 1.82) is 0 Å². The Hall–Kier alpha value is -2.63. The molecule has 2 aliphatic rings. The Morgan fingerprint density at radius 2 is 1.90 bits per heavy atom. The number of nitrogens with zero attached hydrogens (tertiary/aromatic N) is 1. The molecule has 1 aromatic rings. The number of hydrogen-bond donors (Lipinski definition) is 1. The van der Waals surface area contributed by atoms with Gasteiger partial charge in [0.2, 0.25) is 11.8 Å². The fourth-order valence-electron chi connectivity index (χ4n) is 4.51. The molecule has 1 atom stereocenters. The summed E-state index contributed by atoms with van der Waals surface area (Å²) in [6.07, 6.45) is 5.57. The second-order valence-electron chi connectivity index (χ2n) is 8.27. The molecule has 1 aliphatic heterocycles. The van der Waals surface area contributed by atoms with Crippen molar-refractivity contribution in [2.45, 2.75) is 71.3 Å². The number of hydrogen-bond acceptors (Lipinski definition) is 4. The second-order valence-corrected chi connectivity index (χ2v) is 8.27. The lowest BCUT2D eigenvalue weighted by Gasteiger charge is -2.34. The van der Waals surface area contributed by atoms with Gasteiger partial charge in [0.25, 0.3) is 0 Å². The molecule has 0 saturated heterocycles. The maximum atomic E-state index is 13.0. The van der Waals surface area contributed by atoms with Gasteiger partial charge in [-0.1, -0.05) is 49.1 Å². The monoisotopic (exact) mass is 412 g/mol. The first-order chi connectivity index (χ1) is 14.4. The van der Waals surface area contributed by atoms with Crippen LogP contribution in [0.2, 0.25) is 0 Å². The summed E-state index contributed by atoms with van der Waals surface area (Å²) in [6, 6.07) is 8.02. The van der Waals surface area contributed by atoms with E-state index >= 15 is 0 Å². The minimum Gasteiger partial charge on any atom is -0.463 e. The zero-order valence-corrected chi connectivity index (χ0v) is 18.2. The van der Waals surface area contributed by atoms with Gasteiger partial charge in [0.05, 0.1) is 12.2 Å². The fraction of sp³-hybridized carbons (Fsp3) is 0.542. The molecule has 1 saturated carbocycles. The summed E-state index contributed by atoms with van der Waals surface area (Å²) in [5.74, 6) is -1.11. The molecule has 0 unspecified atom stereocenters. The molecule has 0 bridgehead atoms. The van der Waals surface area contributed by atoms with Crippen molar-refractivity contribution in [1.82, 2.24) is 10.2 Å². The number of nitrogens with one attached hydrogen (secondary N) is 1. The molecule has 1 heterocycles. The highest BCUT2D eigenvalue weighted by Gasteiger charge is 2.37. The minimum atomic E-state index is -0.424. The molecule has 6 heteroatoms. The third kappa shape index (κ3) is 5.10. The van der Waals surface area contributed by atoms with Gasteiger partial charge >= 0.3 is 5.97 Å². The molecule has 0 spiro atoms. The lowest BCUT2D eigenvalue weighted by molar-refractivity contribution is -0.141.